The molecule has 2 aromatic carbocycles. The minimum atomic E-state index is -0.793. The molecule has 0 saturated heterocycles. The van der Waals surface area contributed by atoms with Gasteiger partial charge in [0.25, 0.3) is 0 Å². The summed E-state index contributed by atoms with van der Waals surface area (Å²) in [5, 5.41) is 7.46. The summed E-state index contributed by atoms with van der Waals surface area (Å²) in [7, 11) is 0. The average molecular weight is 680 g/mol. The highest BCUT2D eigenvalue weighted by molar-refractivity contribution is 5.96. The number of carbonyl (C=O) groups is 2. The Bertz CT molecular complexity index is 2030. The van der Waals surface area contributed by atoms with Crippen molar-refractivity contribution in [2.45, 2.75) is 72.5 Å². The number of benzene rings is 2. The Morgan fingerprint density at radius 3 is 2.38 bits per heavy atom. The van der Waals surface area contributed by atoms with Gasteiger partial charge >= 0.3 is 12.2 Å². The predicted molar refractivity (Wildman–Crippen MR) is 185 cm³/mol. The van der Waals surface area contributed by atoms with E-state index in [1.807, 2.05) is 36.4 Å². The molecule has 0 spiro atoms. The van der Waals surface area contributed by atoms with Crippen molar-refractivity contribution < 1.29 is 28.2 Å². The van der Waals surface area contributed by atoms with Gasteiger partial charge in [-0.25, -0.2) is 28.8 Å². The summed E-state index contributed by atoms with van der Waals surface area (Å²) in [6.07, 6.45) is 4.72. The SMILES string of the molecule is CC(C)(C)OC(=O)N(c1ccc(-c2cnn(C(=O)OC(C)(C)C)c2)cc1)c1nc(-c2cccc(NCc3cncc(F)c3)c2)nc2c1COC2. The van der Waals surface area contributed by atoms with Crippen LogP contribution in [0, 0.1) is 5.82 Å². The number of nitrogens with one attached hydrogen (secondary N) is 1. The van der Waals surface area contributed by atoms with E-state index in [9.17, 15) is 14.0 Å². The number of nitrogens with zero attached hydrogens (tertiary/aromatic N) is 6. The first-order valence-electron chi connectivity index (χ1n) is 16.1. The summed E-state index contributed by atoms with van der Waals surface area (Å²) >= 11 is 0. The number of carbonyl (C=O) groups excluding carboxylic acids is 2. The van der Waals surface area contributed by atoms with Crippen LogP contribution in [0.5, 0.6) is 0 Å². The van der Waals surface area contributed by atoms with Crippen molar-refractivity contribution in [1.82, 2.24) is 24.7 Å². The normalized spacial score (nSPS) is 12.7. The highest BCUT2D eigenvalue weighted by Gasteiger charge is 2.32. The Morgan fingerprint density at radius 1 is 0.900 bits per heavy atom. The van der Waals surface area contributed by atoms with Gasteiger partial charge in [-0.3, -0.25) is 4.98 Å². The third kappa shape index (κ3) is 8.12. The van der Waals surface area contributed by atoms with E-state index in [0.717, 1.165) is 22.1 Å². The number of hydrogen-bond donors (Lipinski definition) is 1. The van der Waals surface area contributed by atoms with Crippen molar-refractivity contribution in [2.24, 2.45) is 0 Å². The van der Waals surface area contributed by atoms with E-state index in [4.69, 9.17) is 24.2 Å². The topological polar surface area (TPSA) is 134 Å². The van der Waals surface area contributed by atoms with Crippen molar-refractivity contribution >= 4 is 29.4 Å². The van der Waals surface area contributed by atoms with Crippen LogP contribution in [0.3, 0.4) is 0 Å². The van der Waals surface area contributed by atoms with Gasteiger partial charge in [-0.1, -0.05) is 24.3 Å². The maximum atomic E-state index is 13.9. The molecule has 1 amide bonds. The minimum Gasteiger partial charge on any atom is -0.443 e. The van der Waals surface area contributed by atoms with Gasteiger partial charge in [0.2, 0.25) is 0 Å². The highest BCUT2D eigenvalue weighted by atomic mass is 19.1. The van der Waals surface area contributed by atoms with E-state index >= 15 is 0 Å². The number of pyridine rings is 1. The third-order valence-corrected chi connectivity index (χ3v) is 7.34. The first-order chi connectivity index (χ1) is 23.7. The number of hydrogen-bond acceptors (Lipinski definition) is 10. The van der Waals surface area contributed by atoms with Gasteiger partial charge in [0.1, 0.15) is 17.0 Å². The summed E-state index contributed by atoms with van der Waals surface area (Å²) in [6.45, 7) is 11.6. The Balaban J connectivity index is 1.34. The molecule has 0 radical (unpaired) electrons. The lowest BCUT2D eigenvalue weighted by Crippen LogP contribution is -2.35. The largest absolute Gasteiger partial charge is 0.443 e. The van der Waals surface area contributed by atoms with Gasteiger partial charge in [-0.05, 0) is 83.0 Å². The molecule has 1 aliphatic heterocycles. The van der Waals surface area contributed by atoms with Crippen LogP contribution < -0.4 is 10.2 Å². The second kappa shape index (κ2) is 13.7. The average Bonchev–Trinajstić information content (AvgIpc) is 3.74. The van der Waals surface area contributed by atoms with Crippen molar-refractivity contribution in [1.29, 1.82) is 0 Å². The fraction of sp³-hybridized carbons (Fsp3) is 0.297. The molecule has 3 aromatic heterocycles. The zero-order valence-corrected chi connectivity index (χ0v) is 28.7. The van der Waals surface area contributed by atoms with Crippen LogP contribution in [0.25, 0.3) is 22.5 Å². The van der Waals surface area contributed by atoms with Gasteiger partial charge in [0.15, 0.2) is 11.6 Å². The summed E-state index contributed by atoms with van der Waals surface area (Å²) in [6, 6.07) is 16.1. The van der Waals surface area contributed by atoms with Crippen molar-refractivity contribution in [3.05, 3.63) is 102 Å². The lowest BCUT2D eigenvalue weighted by molar-refractivity contribution is 0.0513. The Hall–Kier alpha value is -5.69. The smallest absolute Gasteiger partial charge is 0.435 e. The quantitative estimate of drug-likeness (QED) is 0.180. The van der Waals surface area contributed by atoms with E-state index in [1.165, 1.54) is 11.0 Å². The molecule has 1 N–H and O–H groups in total. The van der Waals surface area contributed by atoms with Crippen LogP contribution >= 0.6 is 0 Å². The molecule has 1 aliphatic rings. The van der Waals surface area contributed by atoms with E-state index < -0.39 is 29.2 Å². The highest BCUT2D eigenvalue weighted by Crippen LogP contribution is 2.36. The van der Waals surface area contributed by atoms with Crippen LogP contribution in [0.4, 0.5) is 31.2 Å². The maximum Gasteiger partial charge on any atom is 0.435 e. The molecule has 12 nitrogen and oxygen atoms in total. The Labute approximate surface area is 289 Å². The van der Waals surface area contributed by atoms with E-state index in [1.54, 1.807) is 72.3 Å². The Kier molecular flexibility index (Phi) is 9.35. The number of rotatable bonds is 7. The number of fused-ring (bicyclic) bond motifs is 1. The minimum absolute atomic E-state index is 0.218. The molecule has 0 aliphatic carbocycles. The number of amides is 1. The molecule has 0 atom stereocenters. The van der Waals surface area contributed by atoms with Gasteiger partial charge in [-0.2, -0.15) is 9.78 Å². The molecular formula is C37H38FN7O5. The number of anilines is 3. The number of ether oxygens (including phenoxy) is 3. The molecule has 4 heterocycles. The molecule has 5 aromatic rings. The third-order valence-electron chi connectivity index (χ3n) is 7.34. The zero-order chi connectivity index (χ0) is 35.6. The summed E-state index contributed by atoms with van der Waals surface area (Å²) in [5.74, 6) is 0.323. The predicted octanol–water partition coefficient (Wildman–Crippen LogP) is 8.04. The molecule has 50 heavy (non-hydrogen) atoms. The number of aromatic nitrogens is 5. The summed E-state index contributed by atoms with van der Waals surface area (Å²) in [5.41, 5.74) is 3.99. The molecule has 0 fully saturated rings. The van der Waals surface area contributed by atoms with Crippen LogP contribution in [0.1, 0.15) is 58.4 Å². The molecule has 0 saturated carbocycles. The first-order valence-corrected chi connectivity index (χ1v) is 16.1. The molecule has 0 bridgehead atoms. The van der Waals surface area contributed by atoms with Gasteiger partial charge in [-0.15, -0.1) is 0 Å². The summed E-state index contributed by atoms with van der Waals surface area (Å²) in [4.78, 5) is 41.5. The molecule has 6 rings (SSSR count). The van der Waals surface area contributed by atoms with E-state index in [0.29, 0.717) is 51.8 Å². The van der Waals surface area contributed by atoms with E-state index in [-0.39, 0.29) is 13.2 Å². The lowest BCUT2D eigenvalue weighted by atomic mass is 10.1. The second-order valence-electron chi connectivity index (χ2n) is 13.8. The zero-order valence-electron chi connectivity index (χ0n) is 28.7. The van der Waals surface area contributed by atoms with Crippen LogP contribution in [-0.4, -0.2) is 48.1 Å². The van der Waals surface area contributed by atoms with Gasteiger partial charge < -0.3 is 19.5 Å². The lowest BCUT2D eigenvalue weighted by Gasteiger charge is -2.28. The van der Waals surface area contributed by atoms with Crippen LogP contribution in [-0.2, 0) is 34.0 Å². The maximum absolute atomic E-state index is 13.9. The second-order valence-corrected chi connectivity index (χ2v) is 13.8. The van der Waals surface area contributed by atoms with E-state index in [2.05, 4.69) is 15.4 Å². The van der Waals surface area contributed by atoms with Crippen LogP contribution in [0.15, 0.2) is 79.4 Å². The first kappa shape index (κ1) is 34.2. The Morgan fingerprint density at radius 2 is 1.66 bits per heavy atom. The monoisotopic (exact) mass is 679 g/mol. The van der Waals surface area contributed by atoms with Crippen molar-refractivity contribution in [2.75, 3.05) is 10.2 Å². The fourth-order valence-electron chi connectivity index (χ4n) is 5.18. The van der Waals surface area contributed by atoms with Gasteiger partial charge in [0, 0.05) is 41.3 Å². The molecule has 258 valence electrons. The molecule has 0 unspecified atom stereocenters. The molecular weight excluding hydrogens is 641 g/mol. The molecule has 13 heteroatoms. The fourth-order valence-corrected chi connectivity index (χ4v) is 5.18. The van der Waals surface area contributed by atoms with Crippen LogP contribution in [0.2, 0.25) is 0 Å². The van der Waals surface area contributed by atoms with Gasteiger partial charge in [0.05, 0.1) is 37.0 Å². The number of halogens is 1. The summed E-state index contributed by atoms with van der Waals surface area (Å²) < 4.78 is 31.9. The van der Waals surface area contributed by atoms with Crippen molar-refractivity contribution in [3.8, 4) is 22.5 Å². The van der Waals surface area contributed by atoms with Crippen molar-refractivity contribution in [3.63, 3.8) is 0 Å². The standard InChI is InChI=1S/C37H38FN7O5/c1-36(2,3)49-34(46)44-20-26(18-41-44)24-10-12-29(13-11-24)45(35(47)50-37(4,5)6)33-30-21-48-22-31(30)42-32(43-33)25-8-7-9-28(15-25)40-17-23-14-27(38)19-39-16-23/h7-16,18-20,40H,17,21-22H2,1-6H3.